The highest BCUT2D eigenvalue weighted by molar-refractivity contribution is 5.18. The van der Waals surface area contributed by atoms with E-state index in [2.05, 4.69) is 24.0 Å². The maximum absolute atomic E-state index is 8.84. The summed E-state index contributed by atoms with van der Waals surface area (Å²) in [5.41, 5.74) is 1.27. The SMILES string of the molecule is C=CCNC(CCCO)c1ccccc1. The summed E-state index contributed by atoms with van der Waals surface area (Å²) in [6, 6.07) is 10.6. The third kappa shape index (κ3) is 4.28. The fourth-order valence-electron chi connectivity index (χ4n) is 1.59. The molecule has 0 fully saturated rings. The van der Waals surface area contributed by atoms with Crippen molar-refractivity contribution in [3.63, 3.8) is 0 Å². The molecule has 0 aliphatic rings. The molecule has 2 N–H and O–H groups in total. The van der Waals surface area contributed by atoms with Crippen molar-refractivity contribution in [2.75, 3.05) is 13.2 Å². The molecular weight excluding hydrogens is 186 g/mol. The van der Waals surface area contributed by atoms with Crippen molar-refractivity contribution in [3.8, 4) is 0 Å². The molecule has 1 aromatic carbocycles. The Hall–Kier alpha value is -1.12. The van der Waals surface area contributed by atoms with Crippen LogP contribution in [0.4, 0.5) is 0 Å². The summed E-state index contributed by atoms with van der Waals surface area (Å²) in [5, 5.41) is 12.2. The van der Waals surface area contributed by atoms with Gasteiger partial charge in [0, 0.05) is 19.2 Å². The summed E-state index contributed by atoms with van der Waals surface area (Å²) < 4.78 is 0. The summed E-state index contributed by atoms with van der Waals surface area (Å²) >= 11 is 0. The van der Waals surface area contributed by atoms with Crippen molar-refractivity contribution in [1.82, 2.24) is 5.32 Å². The standard InChI is InChI=1S/C13H19NO/c1-2-10-14-13(9-6-11-15)12-7-4-3-5-8-12/h2-5,7-8,13-15H,1,6,9-11H2. The van der Waals surface area contributed by atoms with Gasteiger partial charge in [0.05, 0.1) is 0 Å². The molecule has 2 nitrogen and oxygen atoms in total. The van der Waals surface area contributed by atoms with Gasteiger partial charge in [0.2, 0.25) is 0 Å². The molecule has 0 saturated carbocycles. The highest BCUT2D eigenvalue weighted by Gasteiger charge is 2.08. The molecule has 1 atom stereocenters. The first kappa shape index (κ1) is 12.0. The Balaban J connectivity index is 2.58. The van der Waals surface area contributed by atoms with Gasteiger partial charge in [0.15, 0.2) is 0 Å². The van der Waals surface area contributed by atoms with E-state index in [0.717, 1.165) is 19.4 Å². The van der Waals surface area contributed by atoms with Crippen LogP contribution in [0.15, 0.2) is 43.0 Å². The van der Waals surface area contributed by atoms with Gasteiger partial charge in [-0.2, -0.15) is 0 Å². The Kier molecular flexibility index (Phi) is 5.74. The van der Waals surface area contributed by atoms with Crippen LogP contribution >= 0.6 is 0 Å². The van der Waals surface area contributed by atoms with E-state index in [1.165, 1.54) is 5.56 Å². The smallest absolute Gasteiger partial charge is 0.0431 e. The van der Waals surface area contributed by atoms with E-state index < -0.39 is 0 Å². The number of benzene rings is 1. The molecule has 1 unspecified atom stereocenters. The minimum Gasteiger partial charge on any atom is -0.396 e. The molecule has 0 aliphatic carbocycles. The van der Waals surface area contributed by atoms with Crippen LogP contribution in [0.3, 0.4) is 0 Å². The molecule has 0 amide bonds. The number of hydrogen-bond acceptors (Lipinski definition) is 2. The van der Waals surface area contributed by atoms with Crippen LogP contribution < -0.4 is 5.32 Å². The maximum atomic E-state index is 8.84. The molecular formula is C13H19NO. The average Bonchev–Trinajstić information content (AvgIpc) is 2.30. The lowest BCUT2D eigenvalue weighted by Crippen LogP contribution is -2.21. The first-order valence-electron chi connectivity index (χ1n) is 5.38. The minimum atomic E-state index is 0.249. The molecule has 0 bridgehead atoms. The van der Waals surface area contributed by atoms with Crippen LogP contribution in [0.5, 0.6) is 0 Å². The van der Waals surface area contributed by atoms with E-state index >= 15 is 0 Å². The zero-order chi connectivity index (χ0) is 10.9. The molecule has 1 rings (SSSR count). The quantitative estimate of drug-likeness (QED) is 0.669. The second-order valence-corrected chi connectivity index (χ2v) is 3.53. The lowest BCUT2D eigenvalue weighted by atomic mass is 10.0. The third-order valence-electron chi connectivity index (χ3n) is 2.36. The molecule has 0 aliphatic heterocycles. The Labute approximate surface area is 91.6 Å². The van der Waals surface area contributed by atoms with Gasteiger partial charge in [-0.15, -0.1) is 6.58 Å². The van der Waals surface area contributed by atoms with E-state index in [0.29, 0.717) is 6.04 Å². The summed E-state index contributed by atoms with van der Waals surface area (Å²) in [4.78, 5) is 0. The molecule has 0 heterocycles. The Morgan fingerprint density at radius 2 is 2.07 bits per heavy atom. The first-order valence-corrected chi connectivity index (χ1v) is 5.38. The number of aliphatic hydroxyl groups is 1. The summed E-state index contributed by atoms with van der Waals surface area (Å²) in [5.74, 6) is 0. The average molecular weight is 205 g/mol. The fourth-order valence-corrected chi connectivity index (χ4v) is 1.59. The van der Waals surface area contributed by atoms with Crippen LogP contribution in [-0.4, -0.2) is 18.3 Å². The second kappa shape index (κ2) is 7.21. The normalized spacial score (nSPS) is 12.3. The number of hydrogen-bond donors (Lipinski definition) is 2. The van der Waals surface area contributed by atoms with E-state index in [-0.39, 0.29) is 6.61 Å². The van der Waals surface area contributed by atoms with Crippen molar-refractivity contribution in [2.45, 2.75) is 18.9 Å². The highest BCUT2D eigenvalue weighted by Crippen LogP contribution is 2.17. The largest absolute Gasteiger partial charge is 0.396 e. The third-order valence-corrected chi connectivity index (χ3v) is 2.36. The molecule has 1 aromatic rings. The Bertz CT molecular complexity index is 271. The number of aliphatic hydroxyl groups excluding tert-OH is 1. The van der Waals surface area contributed by atoms with Crippen molar-refractivity contribution in [3.05, 3.63) is 48.6 Å². The zero-order valence-electron chi connectivity index (χ0n) is 9.02. The van der Waals surface area contributed by atoms with Gasteiger partial charge < -0.3 is 10.4 Å². The van der Waals surface area contributed by atoms with Gasteiger partial charge in [-0.25, -0.2) is 0 Å². The monoisotopic (exact) mass is 205 g/mol. The topological polar surface area (TPSA) is 32.3 Å². The van der Waals surface area contributed by atoms with Crippen LogP contribution in [0.2, 0.25) is 0 Å². The molecule has 0 aromatic heterocycles. The molecule has 0 saturated heterocycles. The van der Waals surface area contributed by atoms with E-state index in [9.17, 15) is 0 Å². The van der Waals surface area contributed by atoms with Crippen molar-refractivity contribution >= 4 is 0 Å². The van der Waals surface area contributed by atoms with Crippen LogP contribution in [0, 0.1) is 0 Å². The summed E-state index contributed by atoms with van der Waals surface area (Å²) in [7, 11) is 0. The number of rotatable bonds is 7. The van der Waals surface area contributed by atoms with E-state index in [1.54, 1.807) is 0 Å². The van der Waals surface area contributed by atoms with Crippen molar-refractivity contribution in [2.24, 2.45) is 0 Å². The predicted molar refractivity (Wildman–Crippen MR) is 63.7 cm³/mol. The Morgan fingerprint density at radius 3 is 2.67 bits per heavy atom. The van der Waals surface area contributed by atoms with E-state index in [1.807, 2.05) is 24.3 Å². The molecule has 2 heteroatoms. The fraction of sp³-hybridized carbons (Fsp3) is 0.385. The zero-order valence-corrected chi connectivity index (χ0v) is 9.02. The number of nitrogens with one attached hydrogen (secondary N) is 1. The Morgan fingerprint density at radius 1 is 1.33 bits per heavy atom. The van der Waals surface area contributed by atoms with Gasteiger partial charge in [0.1, 0.15) is 0 Å². The van der Waals surface area contributed by atoms with Gasteiger partial charge >= 0.3 is 0 Å². The molecule has 0 spiro atoms. The summed E-state index contributed by atoms with van der Waals surface area (Å²) in [6.07, 6.45) is 3.63. The molecule has 0 radical (unpaired) electrons. The van der Waals surface area contributed by atoms with Crippen molar-refractivity contribution in [1.29, 1.82) is 0 Å². The first-order chi connectivity index (χ1) is 7.38. The van der Waals surface area contributed by atoms with Crippen LogP contribution in [0.1, 0.15) is 24.4 Å². The molecule has 82 valence electrons. The van der Waals surface area contributed by atoms with E-state index in [4.69, 9.17) is 5.11 Å². The second-order valence-electron chi connectivity index (χ2n) is 3.53. The van der Waals surface area contributed by atoms with Crippen molar-refractivity contribution < 1.29 is 5.11 Å². The maximum Gasteiger partial charge on any atom is 0.0431 e. The predicted octanol–water partition coefficient (Wildman–Crippen LogP) is 2.28. The summed E-state index contributed by atoms with van der Waals surface area (Å²) in [6.45, 7) is 4.74. The van der Waals surface area contributed by atoms with Gasteiger partial charge in [-0.1, -0.05) is 36.4 Å². The van der Waals surface area contributed by atoms with Gasteiger partial charge in [0.25, 0.3) is 0 Å². The lowest BCUT2D eigenvalue weighted by molar-refractivity contribution is 0.276. The lowest BCUT2D eigenvalue weighted by Gasteiger charge is -2.17. The minimum absolute atomic E-state index is 0.249. The van der Waals surface area contributed by atoms with Gasteiger partial charge in [-0.3, -0.25) is 0 Å². The highest BCUT2D eigenvalue weighted by atomic mass is 16.2. The van der Waals surface area contributed by atoms with Gasteiger partial charge in [-0.05, 0) is 18.4 Å². The van der Waals surface area contributed by atoms with Crippen LogP contribution in [0.25, 0.3) is 0 Å². The van der Waals surface area contributed by atoms with Crippen LogP contribution in [-0.2, 0) is 0 Å². The molecule has 15 heavy (non-hydrogen) atoms.